The average Bonchev–Trinajstić information content (AvgIpc) is 2.99. The van der Waals surface area contributed by atoms with E-state index in [1.54, 1.807) is 28.9 Å². The molecule has 0 saturated carbocycles. The first-order valence-electron chi connectivity index (χ1n) is 6.95. The maximum atomic E-state index is 4.49. The van der Waals surface area contributed by atoms with Gasteiger partial charge in [-0.15, -0.1) is 0 Å². The molecule has 0 radical (unpaired) electrons. The number of hydrogen-bond acceptors (Lipinski definition) is 7. The van der Waals surface area contributed by atoms with Gasteiger partial charge in [-0.05, 0) is 20.5 Å². The van der Waals surface area contributed by atoms with Crippen LogP contribution in [0.1, 0.15) is 13.3 Å². The lowest BCUT2D eigenvalue weighted by Gasteiger charge is -2.10. The number of imidazole rings is 1. The second kappa shape index (κ2) is 7.94. The molecule has 7 nitrogen and oxygen atoms in total. The number of anilines is 1. The first kappa shape index (κ1) is 15.7. The van der Waals surface area contributed by atoms with Crippen molar-refractivity contribution in [2.24, 2.45) is 0 Å². The molecule has 2 rings (SSSR count). The molecule has 1 N–H and O–H groups in total. The molecule has 0 unspecified atom stereocenters. The van der Waals surface area contributed by atoms with Crippen LogP contribution in [0, 0.1) is 0 Å². The monoisotopic (exact) mass is 307 g/mol. The molecule has 0 aliphatic rings. The number of rotatable bonds is 8. The Balaban J connectivity index is 2.16. The van der Waals surface area contributed by atoms with Crippen molar-refractivity contribution in [3.05, 3.63) is 18.7 Å². The Morgan fingerprint density at radius 1 is 1.29 bits per heavy atom. The molecule has 0 aromatic carbocycles. The van der Waals surface area contributed by atoms with Crippen molar-refractivity contribution in [2.45, 2.75) is 18.5 Å². The smallest absolute Gasteiger partial charge is 0.240 e. The van der Waals surface area contributed by atoms with Crippen LogP contribution in [0.5, 0.6) is 0 Å². The molecule has 2 aromatic rings. The first-order valence-corrected chi connectivity index (χ1v) is 7.93. The SMILES string of the molecule is CCCNc1nc(SCCN(C)C)nc(-n2ccnc2)n1. The highest BCUT2D eigenvalue weighted by Crippen LogP contribution is 2.16. The van der Waals surface area contributed by atoms with Crippen molar-refractivity contribution in [3.63, 3.8) is 0 Å². The highest BCUT2D eigenvalue weighted by Gasteiger charge is 2.08. The van der Waals surface area contributed by atoms with Gasteiger partial charge in [0.2, 0.25) is 11.9 Å². The van der Waals surface area contributed by atoms with E-state index in [2.05, 4.69) is 51.2 Å². The molecule has 2 heterocycles. The average molecular weight is 307 g/mol. The Bertz CT molecular complexity index is 541. The molecule has 0 aliphatic carbocycles. The van der Waals surface area contributed by atoms with Gasteiger partial charge in [-0.25, -0.2) is 4.98 Å². The minimum Gasteiger partial charge on any atom is -0.354 e. The summed E-state index contributed by atoms with van der Waals surface area (Å²) in [4.78, 5) is 19.5. The van der Waals surface area contributed by atoms with Crippen LogP contribution in [-0.2, 0) is 0 Å². The molecule has 0 bridgehead atoms. The lowest BCUT2D eigenvalue weighted by atomic mass is 10.5. The minimum absolute atomic E-state index is 0.591. The van der Waals surface area contributed by atoms with Gasteiger partial charge in [-0.3, -0.25) is 4.57 Å². The summed E-state index contributed by atoms with van der Waals surface area (Å²) in [7, 11) is 4.11. The van der Waals surface area contributed by atoms with E-state index in [-0.39, 0.29) is 0 Å². The fraction of sp³-hybridized carbons (Fsp3) is 0.538. The largest absolute Gasteiger partial charge is 0.354 e. The Kier molecular flexibility index (Phi) is 5.94. The Hall–Kier alpha value is -1.67. The molecule has 21 heavy (non-hydrogen) atoms. The molecule has 0 aliphatic heterocycles. The van der Waals surface area contributed by atoms with Crippen LogP contribution in [0.3, 0.4) is 0 Å². The number of hydrogen-bond donors (Lipinski definition) is 1. The van der Waals surface area contributed by atoms with E-state index in [1.165, 1.54) is 0 Å². The normalized spacial score (nSPS) is 11.0. The number of thioether (sulfide) groups is 1. The highest BCUT2D eigenvalue weighted by molar-refractivity contribution is 7.99. The zero-order valence-electron chi connectivity index (χ0n) is 12.7. The fourth-order valence-electron chi connectivity index (χ4n) is 1.54. The maximum absolute atomic E-state index is 4.49. The summed E-state index contributed by atoms with van der Waals surface area (Å²) in [5, 5.41) is 3.95. The van der Waals surface area contributed by atoms with E-state index in [4.69, 9.17) is 0 Å². The van der Waals surface area contributed by atoms with Crippen molar-refractivity contribution >= 4 is 17.7 Å². The molecule has 2 aromatic heterocycles. The van der Waals surface area contributed by atoms with E-state index < -0.39 is 0 Å². The van der Waals surface area contributed by atoms with E-state index >= 15 is 0 Å². The summed E-state index contributed by atoms with van der Waals surface area (Å²) in [5.41, 5.74) is 0. The molecule has 8 heteroatoms. The van der Waals surface area contributed by atoms with Gasteiger partial charge in [-0.1, -0.05) is 18.7 Å². The first-order chi connectivity index (χ1) is 10.2. The molecule has 0 spiro atoms. The summed E-state index contributed by atoms with van der Waals surface area (Å²) in [6.07, 6.45) is 6.25. The van der Waals surface area contributed by atoms with Gasteiger partial charge < -0.3 is 10.2 Å². The van der Waals surface area contributed by atoms with Crippen molar-refractivity contribution in [1.29, 1.82) is 0 Å². The standard InChI is InChI=1S/C13H21N7S/c1-4-5-15-11-16-12(20-7-6-14-10-20)18-13(17-11)21-9-8-19(2)3/h6-7,10H,4-5,8-9H2,1-3H3,(H,15,16,17,18). The molecule has 0 saturated heterocycles. The molecule has 114 valence electrons. The second-order valence-corrected chi connectivity index (χ2v) is 5.85. The van der Waals surface area contributed by atoms with E-state index in [0.717, 1.165) is 30.4 Å². The van der Waals surface area contributed by atoms with Crippen LogP contribution in [-0.4, -0.2) is 62.3 Å². The van der Waals surface area contributed by atoms with Crippen LogP contribution < -0.4 is 5.32 Å². The third-order valence-corrected chi connectivity index (χ3v) is 3.47. The van der Waals surface area contributed by atoms with E-state index in [1.807, 2.05) is 6.20 Å². The van der Waals surface area contributed by atoms with Gasteiger partial charge in [0.05, 0.1) is 0 Å². The third kappa shape index (κ3) is 4.98. The Morgan fingerprint density at radius 2 is 2.14 bits per heavy atom. The fourth-order valence-corrected chi connectivity index (χ4v) is 2.47. The van der Waals surface area contributed by atoms with Crippen molar-refractivity contribution < 1.29 is 0 Å². The Labute approximate surface area is 129 Å². The molecular formula is C13H21N7S. The van der Waals surface area contributed by atoms with Gasteiger partial charge >= 0.3 is 0 Å². The summed E-state index contributed by atoms with van der Waals surface area (Å²) < 4.78 is 1.79. The number of nitrogens with one attached hydrogen (secondary N) is 1. The van der Waals surface area contributed by atoms with Crippen molar-refractivity contribution in [3.8, 4) is 5.95 Å². The van der Waals surface area contributed by atoms with Crippen molar-refractivity contribution in [1.82, 2.24) is 29.4 Å². The topological polar surface area (TPSA) is 71.8 Å². The second-order valence-electron chi connectivity index (χ2n) is 4.79. The third-order valence-electron chi connectivity index (χ3n) is 2.64. The van der Waals surface area contributed by atoms with Crippen molar-refractivity contribution in [2.75, 3.05) is 38.3 Å². The zero-order valence-corrected chi connectivity index (χ0v) is 13.5. The summed E-state index contributed by atoms with van der Waals surface area (Å²) in [6, 6.07) is 0. The molecular weight excluding hydrogens is 286 g/mol. The van der Waals surface area contributed by atoms with Gasteiger partial charge in [0.1, 0.15) is 6.33 Å². The highest BCUT2D eigenvalue weighted by atomic mass is 32.2. The predicted octanol–water partition coefficient (Wildman–Crippen LogP) is 1.53. The van der Waals surface area contributed by atoms with E-state index in [9.17, 15) is 0 Å². The van der Waals surface area contributed by atoms with Gasteiger partial charge in [0, 0.05) is 31.2 Å². The van der Waals surface area contributed by atoms with Crippen LogP contribution in [0.2, 0.25) is 0 Å². The van der Waals surface area contributed by atoms with Crippen LogP contribution >= 0.6 is 11.8 Å². The van der Waals surface area contributed by atoms with Gasteiger partial charge in [0.25, 0.3) is 0 Å². The number of nitrogens with zero attached hydrogens (tertiary/aromatic N) is 6. The summed E-state index contributed by atoms with van der Waals surface area (Å²) in [5.74, 6) is 2.14. The Morgan fingerprint density at radius 3 is 2.81 bits per heavy atom. The van der Waals surface area contributed by atoms with Crippen LogP contribution in [0.4, 0.5) is 5.95 Å². The summed E-state index contributed by atoms with van der Waals surface area (Å²) >= 11 is 1.63. The maximum Gasteiger partial charge on any atom is 0.240 e. The van der Waals surface area contributed by atoms with E-state index in [0.29, 0.717) is 11.9 Å². The van der Waals surface area contributed by atoms with Gasteiger partial charge in [-0.2, -0.15) is 15.0 Å². The quantitative estimate of drug-likeness (QED) is 0.742. The molecule has 0 atom stereocenters. The lowest BCUT2D eigenvalue weighted by Crippen LogP contribution is -2.15. The van der Waals surface area contributed by atoms with Crippen LogP contribution in [0.15, 0.2) is 23.9 Å². The summed E-state index contributed by atoms with van der Waals surface area (Å²) in [6.45, 7) is 3.93. The molecule has 0 amide bonds. The lowest BCUT2D eigenvalue weighted by molar-refractivity contribution is 0.437. The van der Waals surface area contributed by atoms with Gasteiger partial charge in [0.15, 0.2) is 5.16 Å². The zero-order chi connectivity index (χ0) is 15.1. The molecule has 0 fully saturated rings. The minimum atomic E-state index is 0.591. The predicted molar refractivity (Wildman–Crippen MR) is 85.0 cm³/mol. The number of aromatic nitrogens is 5. The van der Waals surface area contributed by atoms with Crippen LogP contribution in [0.25, 0.3) is 5.95 Å².